The zero-order valence-corrected chi connectivity index (χ0v) is 12.1. The van der Waals surface area contributed by atoms with Crippen molar-refractivity contribution in [3.63, 3.8) is 0 Å². The smallest absolute Gasteiger partial charge is 0.122 e. The average Bonchev–Trinajstić information content (AvgIpc) is 2.48. The Balaban J connectivity index is 1.96. The summed E-state index contributed by atoms with van der Waals surface area (Å²) in [6, 6.07) is 11.7. The summed E-state index contributed by atoms with van der Waals surface area (Å²) in [4.78, 5) is 4.41. The molecular formula is C15H17N3OS. The summed E-state index contributed by atoms with van der Waals surface area (Å²) in [6.07, 6.45) is 2.56. The molecule has 0 spiro atoms. The van der Waals surface area contributed by atoms with Crippen LogP contribution in [0.25, 0.3) is 0 Å². The van der Waals surface area contributed by atoms with E-state index in [4.69, 9.17) is 22.7 Å². The third kappa shape index (κ3) is 3.68. The Morgan fingerprint density at radius 2 is 2.15 bits per heavy atom. The van der Waals surface area contributed by atoms with Gasteiger partial charge in [0.15, 0.2) is 0 Å². The number of benzene rings is 1. The standard InChI is InChI=1S/C15H17N3OS/c1-19-14-5-3-2-4-11(14)6-8-17-12-7-9-18-13(10-12)15(16)20/h2-5,7,9-10H,6,8H2,1H3,(H2,16,20)(H,17,18). The molecule has 2 rings (SSSR count). The average molecular weight is 287 g/mol. The summed E-state index contributed by atoms with van der Waals surface area (Å²) < 4.78 is 5.33. The van der Waals surface area contributed by atoms with E-state index in [-0.39, 0.29) is 0 Å². The molecule has 1 aromatic carbocycles. The molecule has 20 heavy (non-hydrogen) atoms. The fraction of sp³-hybridized carbons (Fsp3) is 0.200. The Morgan fingerprint density at radius 3 is 2.90 bits per heavy atom. The minimum absolute atomic E-state index is 0.304. The largest absolute Gasteiger partial charge is 0.496 e. The van der Waals surface area contributed by atoms with Crippen LogP contribution < -0.4 is 15.8 Å². The van der Waals surface area contributed by atoms with Crippen LogP contribution in [0.15, 0.2) is 42.6 Å². The highest BCUT2D eigenvalue weighted by molar-refractivity contribution is 7.80. The van der Waals surface area contributed by atoms with Crippen LogP contribution in [0.3, 0.4) is 0 Å². The van der Waals surface area contributed by atoms with E-state index in [1.54, 1.807) is 13.3 Å². The van der Waals surface area contributed by atoms with Gasteiger partial charge >= 0.3 is 0 Å². The summed E-state index contributed by atoms with van der Waals surface area (Å²) >= 11 is 4.91. The maximum absolute atomic E-state index is 5.56. The molecule has 0 aliphatic rings. The van der Waals surface area contributed by atoms with Crippen molar-refractivity contribution in [1.82, 2.24) is 4.98 Å². The lowest BCUT2D eigenvalue weighted by molar-refractivity contribution is 0.410. The number of anilines is 1. The molecule has 0 saturated carbocycles. The minimum Gasteiger partial charge on any atom is -0.496 e. The third-order valence-corrected chi connectivity index (χ3v) is 3.14. The molecule has 0 fully saturated rings. The lowest BCUT2D eigenvalue weighted by Crippen LogP contribution is -2.12. The maximum atomic E-state index is 5.56. The Hall–Kier alpha value is -2.14. The lowest BCUT2D eigenvalue weighted by Gasteiger charge is -2.10. The molecule has 0 aliphatic carbocycles. The first-order chi connectivity index (χ1) is 9.70. The highest BCUT2D eigenvalue weighted by Crippen LogP contribution is 2.18. The molecule has 104 valence electrons. The highest BCUT2D eigenvalue weighted by atomic mass is 32.1. The van der Waals surface area contributed by atoms with Crippen LogP contribution in [0.5, 0.6) is 5.75 Å². The lowest BCUT2D eigenvalue weighted by atomic mass is 10.1. The van der Waals surface area contributed by atoms with Gasteiger partial charge in [0.05, 0.1) is 12.8 Å². The van der Waals surface area contributed by atoms with Crippen LogP contribution in [0.4, 0.5) is 5.69 Å². The first-order valence-electron chi connectivity index (χ1n) is 6.32. The van der Waals surface area contributed by atoms with Crippen molar-refractivity contribution in [2.45, 2.75) is 6.42 Å². The van der Waals surface area contributed by atoms with Gasteiger partial charge in [-0.15, -0.1) is 0 Å². The summed E-state index contributed by atoms with van der Waals surface area (Å²) in [5.74, 6) is 0.910. The molecule has 5 heteroatoms. The number of para-hydroxylation sites is 1. The minimum atomic E-state index is 0.304. The molecule has 0 bridgehead atoms. The van der Waals surface area contributed by atoms with E-state index < -0.39 is 0 Å². The monoisotopic (exact) mass is 287 g/mol. The number of nitrogens with two attached hydrogens (primary N) is 1. The van der Waals surface area contributed by atoms with E-state index in [0.29, 0.717) is 10.7 Å². The van der Waals surface area contributed by atoms with Gasteiger partial charge in [-0.05, 0) is 30.2 Å². The van der Waals surface area contributed by atoms with Crippen molar-refractivity contribution in [3.8, 4) is 5.75 Å². The van der Waals surface area contributed by atoms with Gasteiger partial charge < -0.3 is 15.8 Å². The van der Waals surface area contributed by atoms with Crippen LogP contribution in [-0.2, 0) is 6.42 Å². The van der Waals surface area contributed by atoms with Crippen molar-refractivity contribution in [1.29, 1.82) is 0 Å². The molecule has 1 heterocycles. The molecule has 3 N–H and O–H groups in total. The second-order valence-corrected chi connectivity index (χ2v) is 4.72. The maximum Gasteiger partial charge on any atom is 0.122 e. The Bertz CT molecular complexity index is 601. The fourth-order valence-electron chi connectivity index (χ4n) is 1.93. The number of methoxy groups -OCH3 is 1. The summed E-state index contributed by atoms with van der Waals surface area (Å²) in [7, 11) is 1.68. The number of rotatable bonds is 6. The third-order valence-electron chi connectivity index (χ3n) is 2.93. The van der Waals surface area contributed by atoms with Crippen molar-refractivity contribution in [3.05, 3.63) is 53.9 Å². The van der Waals surface area contributed by atoms with Gasteiger partial charge in [0.1, 0.15) is 10.7 Å². The topological polar surface area (TPSA) is 60.2 Å². The summed E-state index contributed by atoms with van der Waals surface area (Å²) in [5, 5.41) is 3.33. The second kappa shape index (κ2) is 6.86. The van der Waals surface area contributed by atoms with Gasteiger partial charge in [-0.2, -0.15) is 0 Å². The van der Waals surface area contributed by atoms with Gasteiger partial charge in [0.25, 0.3) is 0 Å². The van der Waals surface area contributed by atoms with Crippen LogP contribution in [-0.4, -0.2) is 23.6 Å². The Morgan fingerprint density at radius 1 is 1.35 bits per heavy atom. The van der Waals surface area contributed by atoms with Gasteiger partial charge in [0.2, 0.25) is 0 Å². The van der Waals surface area contributed by atoms with Crippen molar-refractivity contribution >= 4 is 22.9 Å². The number of hydrogen-bond donors (Lipinski definition) is 2. The van der Waals surface area contributed by atoms with Crippen LogP contribution in [0, 0.1) is 0 Å². The number of ether oxygens (including phenoxy) is 1. The van der Waals surface area contributed by atoms with Gasteiger partial charge in [0, 0.05) is 18.4 Å². The van der Waals surface area contributed by atoms with E-state index in [1.807, 2.05) is 30.3 Å². The molecule has 0 radical (unpaired) electrons. The van der Waals surface area contributed by atoms with Crippen molar-refractivity contribution in [2.75, 3.05) is 19.0 Å². The highest BCUT2D eigenvalue weighted by Gasteiger charge is 2.02. The molecule has 1 aromatic heterocycles. The first-order valence-corrected chi connectivity index (χ1v) is 6.73. The molecule has 2 aromatic rings. The zero-order chi connectivity index (χ0) is 14.4. The second-order valence-electron chi connectivity index (χ2n) is 4.28. The van der Waals surface area contributed by atoms with Crippen molar-refractivity contribution in [2.24, 2.45) is 5.73 Å². The molecule has 0 saturated heterocycles. The molecule has 0 unspecified atom stereocenters. The zero-order valence-electron chi connectivity index (χ0n) is 11.3. The first kappa shape index (κ1) is 14.3. The number of nitrogens with one attached hydrogen (secondary N) is 1. The number of pyridine rings is 1. The molecule has 0 aliphatic heterocycles. The fourth-order valence-corrected chi connectivity index (χ4v) is 2.04. The SMILES string of the molecule is COc1ccccc1CCNc1ccnc(C(N)=S)c1. The molecular weight excluding hydrogens is 270 g/mol. The Kier molecular flexibility index (Phi) is 4.90. The number of hydrogen-bond acceptors (Lipinski definition) is 4. The molecule has 0 atom stereocenters. The predicted octanol–water partition coefficient (Wildman–Crippen LogP) is 2.38. The Labute approximate surface area is 124 Å². The normalized spacial score (nSPS) is 10.1. The summed E-state index contributed by atoms with van der Waals surface area (Å²) in [5.41, 5.74) is 8.32. The predicted molar refractivity (Wildman–Crippen MR) is 85.3 cm³/mol. The van der Waals surface area contributed by atoms with E-state index in [2.05, 4.69) is 16.4 Å². The van der Waals surface area contributed by atoms with E-state index >= 15 is 0 Å². The van der Waals surface area contributed by atoms with E-state index in [0.717, 1.165) is 24.4 Å². The van der Waals surface area contributed by atoms with Crippen molar-refractivity contribution < 1.29 is 4.74 Å². The number of nitrogens with zero attached hydrogens (tertiary/aromatic N) is 1. The van der Waals surface area contributed by atoms with E-state index in [9.17, 15) is 0 Å². The van der Waals surface area contributed by atoms with Gasteiger partial charge in [-0.1, -0.05) is 30.4 Å². The van der Waals surface area contributed by atoms with Crippen LogP contribution in [0.1, 0.15) is 11.3 Å². The van der Waals surface area contributed by atoms with Gasteiger partial charge in [-0.3, -0.25) is 4.98 Å². The van der Waals surface area contributed by atoms with Crippen LogP contribution in [0.2, 0.25) is 0 Å². The van der Waals surface area contributed by atoms with E-state index in [1.165, 1.54) is 5.56 Å². The molecule has 0 amide bonds. The van der Waals surface area contributed by atoms with Gasteiger partial charge in [-0.25, -0.2) is 0 Å². The number of aromatic nitrogens is 1. The molecule has 4 nitrogen and oxygen atoms in total. The van der Waals surface area contributed by atoms with Crippen LogP contribution >= 0.6 is 12.2 Å². The number of thiocarbonyl (C=S) groups is 1. The quantitative estimate of drug-likeness (QED) is 0.799. The summed E-state index contributed by atoms with van der Waals surface area (Å²) in [6.45, 7) is 0.793.